The Bertz CT molecular complexity index is 1560. The average Bonchev–Trinajstić information content (AvgIpc) is 3.77. The molecule has 1 aromatic heterocycles. The molecule has 2 amide bonds. The Morgan fingerprint density at radius 2 is 1.71 bits per heavy atom. The predicted octanol–water partition coefficient (Wildman–Crippen LogP) is 6.46. The normalized spacial score (nSPS) is 16.3. The summed E-state index contributed by atoms with van der Waals surface area (Å²) in [6, 6.07) is 21.8. The van der Waals surface area contributed by atoms with E-state index in [0.717, 1.165) is 51.8 Å². The van der Waals surface area contributed by atoms with Gasteiger partial charge in [0.1, 0.15) is 6.17 Å². The summed E-state index contributed by atoms with van der Waals surface area (Å²) in [5.41, 5.74) is 6.32. The second-order valence-corrected chi connectivity index (χ2v) is 10.1. The van der Waals surface area contributed by atoms with E-state index in [9.17, 15) is 9.59 Å². The Morgan fingerprint density at radius 3 is 2.42 bits per heavy atom. The molecule has 1 saturated carbocycles. The molecule has 38 heavy (non-hydrogen) atoms. The molecular weight excluding hydrogens is 496 g/mol. The summed E-state index contributed by atoms with van der Waals surface area (Å²) < 4.78 is 0. The minimum absolute atomic E-state index is 0.0475. The summed E-state index contributed by atoms with van der Waals surface area (Å²) in [4.78, 5) is 31.9. The quantitative estimate of drug-likeness (QED) is 0.304. The first-order chi connectivity index (χ1) is 18.5. The van der Waals surface area contributed by atoms with E-state index in [2.05, 4.69) is 27.7 Å². The Hall–Kier alpha value is -4.16. The molecule has 6 rings (SSSR count). The SMILES string of the molecule is CCC(=O)NC1C=Cc2cnc3ccc(-c4ccc(Cl)cc4)cc3c2N1c1ccc(C(=O)NC2CC2)cc1. The van der Waals surface area contributed by atoms with Gasteiger partial charge in [0.25, 0.3) is 5.91 Å². The molecule has 190 valence electrons. The molecule has 2 heterocycles. The summed E-state index contributed by atoms with van der Waals surface area (Å²) in [6.45, 7) is 1.84. The molecule has 1 fully saturated rings. The number of halogens is 1. The minimum atomic E-state index is -0.397. The number of pyridine rings is 1. The highest BCUT2D eigenvalue weighted by molar-refractivity contribution is 6.30. The number of anilines is 2. The number of amides is 2. The fourth-order valence-corrected chi connectivity index (χ4v) is 4.89. The van der Waals surface area contributed by atoms with Crippen LogP contribution in [0.5, 0.6) is 0 Å². The van der Waals surface area contributed by atoms with Crippen molar-refractivity contribution in [2.45, 2.75) is 38.4 Å². The number of nitrogens with zero attached hydrogens (tertiary/aromatic N) is 2. The summed E-state index contributed by atoms with van der Waals surface area (Å²) in [5, 5.41) is 7.82. The molecule has 1 unspecified atom stereocenters. The number of hydrogen-bond acceptors (Lipinski definition) is 4. The molecule has 3 aromatic carbocycles. The smallest absolute Gasteiger partial charge is 0.251 e. The topological polar surface area (TPSA) is 74.3 Å². The highest BCUT2D eigenvalue weighted by Crippen LogP contribution is 2.41. The van der Waals surface area contributed by atoms with E-state index in [-0.39, 0.29) is 11.8 Å². The Labute approximate surface area is 226 Å². The van der Waals surface area contributed by atoms with Gasteiger partial charge >= 0.3 is 0 Å². The second-order valence-electron chi connectivity index (χ2n) is 9.69. The Morgan fingerprint density at radius 1 is 0.974 bits per heavy atom. The molecule has 7 heteroatoms. The van der Waals surface area contributed by atoms with Crippen LogP contribution < -0.4 is 15.5 Å². The average molecular weight is 523 g/mol. The van der Waals surface area contributed by atoms with E-state index >= 15 is 0 Å². The van der Waals surface area contributed by atoms with Crippen molar-refractivity contribution in [1.82, 2.24) is 15.6 Å². The number of rotatable bonds is 6. The van der Waals surface area contributed by atoms with Gasteiger partial charge in [0.05, 0.1) is 11.2 Å². The number of aromatic nitrogens is 1. The third kappa shape index (κ3) is 4.75. The maximum Gasteiger partial charge on any atom is 0.251 e. The monoisotopic (exact) mass is 522 g/mol. The zero-order chi connectivity index (χ0) is 26.2. The highest BCUT2D eigenvalue weighted by Gasteiger charge is 2.28. The van der Waals surface area contributed by atoms with Crippen LogP contribution in [0, 0.1) is 0 Å². The lowest BCUT2D eigenvalue weighted by molar-refractivity contribution is -0.121. The second kappa shape index (κ2) is 9.95. The van der Waals surface area contributed by atoms with Crippen LogP contribution in [-0.4, -0.2) is 29.0 Å². The van der Waals surface area contributed by atoms with Crippen LogP contribution in [0.1, 0.15) is 42.1 Å². The van der Waals surface area contributed by atoms with Crippen molar-refractivity contribution in [1.29, 1.82) is 0 Å². The molecule has 4 aromatic rings. The predicted molar refractivity (Wildman–Crippen MR) is 153 cm³/mol. The van der Waals surface area contributed by atoms with Gasteiger partial charge in [-0.05, 0) is 78.6 Å². The molecule has 1 aliphatic heterocycles. The van der Waals surface area contributed by atoms with Gasteiger partial charge in [-0.1, -0.05) is 42.8 Å². The fourth-order valence-electron chi connectivity index (χ4n) is 4.77. The van der Waals surface area contributed by atoms with Gasteiger partial charge in [-0.3, -0.25) is 14.6 Å². The van der Waals surface area contributed by atoms with Crippen LogP contribution in [0.4, 0.5) is 11.4 Å². The molecule has 2 N–H and O–H groups in total. The lowest BCUT2D eigenvalue weighted by atomic mass is 9.98. The first-order valence-electron chi connectivity index (χ1n) is 12.9. The van der Waals surface area contributed by atoms with E-state index in [1.807, 2.05) is 79.9 Å². The van der Waals surface area contributed by atoms with E-state index < -0.39 is 6.17 Å². The van der Waals surface area contributed by atoms with Crippen molar-refractivity contribution in [3.05, 3.63) is 95.2 Å². The highest BCUT2D eigenvalue weighted by atomic mass is 35.5. The molecule has 0 bridgehead atoms. The molecule has 1 atom stereocenters. The van der Waals surface area contributed by atoms with Gasteiger partial charge in [-0.2, -0.15) is 0 Å². The largest absolute Gasteiger partial charge is 0.349 e. The lowest BCUT2D eigenvalue weighted by Crippen LogP contribution is -2.46. The molecule has 1 aliphatic carbocycles. The van der Waals surface area contributed by atoms with Gasteiger partial charge in [0.15, 0.2) is 0 Å². The lowest BCUT2D eigenvalue weighted by Gasteiger charge is -2.37. The Kier molecular flexibility index (Phi) is 6.34. The number of carbonyl (C=O) groups is 2. The maximum atomic E-state index is 12.6. The molecule has 0 radical (unpaired) electrons. The van der Waals surface area contributed by atoms with Crippen molar-refractivity contribution in [2.24, 2.45) is 0 Å². The first kappa shape index (κ1) is 24.2. The van der Waals surface area contributed by atoms with E-state index in [1.165, 1.54) is 0 Å². The van der Waals surface area contributed by atoms with Crippen molar-refractivity contribution in [2.75, 3.05) is 4.90 Å². The zero-order valence-electron chi connectivity index (χ0n) is 20.9. The number of nitrogens with one attached hydrogen (secondary N) is 2. The number of hydrogen-bond donors (Lipinski definition) is 2. The van der Waals surface area contributed by atoms with Crippen LogP contribution in [-0.2, 0) is 4.79 Å². The third-order valence-electron chi connectivity index (χ3n) is 6.97. The van der Waals surface area contributed by atoms with Crippen LogP contribution in [0.15, 0.2) is 79.0 Å². The van der Waals surface area contributed by atoms with E-state index in [1.54, 1.807) is 0 Å². The van der Waals surface area contributed by atoms with Crippen molar-refractivity contribution >= 4 is 51.8 Å². The summed E-state index contributed by atoms with van der Waals surface area (Å²) in [6.07, 6.45) is 7.90. The number of carbonyl (C=O) groups excluding carboxylic acids is 2. The number of benzene rings is 3. The van der Waals surface area contributed by atoms with Crippen LogP contribution in [0.2, 0.25) is 5.02 Å². The summed E-state index contributed by atoms with van der Waals surface area (Å²) in [7, 11) is 0. The molecule has 2 aliphatic rings. The van der Waals surface area contributed by atoms with E-state index in [4.69, 9.17) is 16.6 Å². The van der Waals surface area contributed by atoms with Gasteiger partial charge in [-0.25, -0.2) is 0 Å². The standard InChI is InChI=1S/C31H27ClN4O2/c1-2-29(37)35-28-16-8-22-18-33-27-15-7-21(19-3-9-23(32)10-4-19)17-26(27)30(22)36(28)25-13-5-20(6-14-25)31(38)34-24-11-12-24/h3-10,13-18,24,28H,2,11-12H2,1H3,(H,34,38)(H,35,37). The van der Waals surface area contributed by atoms with Gasteiger partial charge in [-0.15, -0.1) is 0 Å². The van der Waals surface area contributed by atoms with Gasteiger partial charge < -0.3 is 15.5 Å². The minimum Gasteiger partial charge on any atom is -0.349 e. The zero-order valence-corrected chi connectivity index (χ0v) is 21.7. The van der Waals surface area contributed by atoms with Crippen molar-refractivity contribution < 1.29 is 9.59 Å². The third-order valence-corrected chi connectivity index (χ3v) is 7.22. The van der Waals surface area contributed by atoms with E-state index in [0.29, 0.717) is 23.0 Å². The molecular formula is C31H27ClN4O2. The summed E-state index contributed by atoms with van der Waals surface area (Å²) >= 11 is 6.12. The Balaban J connectivity index is 1.47. The fraction of sp³-hybridized carbons (Fsp3) is 0.194. The van der Waals surface area contributed by atoms with Crippen molar-refractivity contribution in [3.63, 3.8) is 0 Å². The van der Waals surface area contributed by atoms with Crippen LogP contribution >= 0.6 is 11.6 Å². The van der Waals surface area contributed by atoms with Gasteiger partial charge in [0, 0.05) is 45.9 Å². The van der Waals surface area contributed by atoms with Crippen LogP contribution in [0.3, 0.4) is 0 Å². The van der Waals surface area contributed by atoms with Gasteiger partial charge in [0.2, 0.25) is 5.91 Å². The summed E-state index contributed by atoms with van der Waals surface area (Å²) in [5.74, 6) is -0.107. The van der Waals surface area contributed by atoms with Crippen molar-refractivity contribution in [3.8, 4) is 11.1 Å². The molecule has 6 nitrogen and oxygen atoms in total. The maximum absolute atomic E-state index is 12.6. The van der Waals surface area contributed by atoms with Crippen LogP contribution in [0.25, 0.3) is 28.1 Å². The molecule has 0 saturated heterocycles. The molecule has 0 spiro atoms. The first-order valence-corrected chi connectivity index (χ1v) is 13.2. The number of fused-ring (bicyclic) bond motifs is 3.